The summed E-state index contributed by atoms with van der Waals surface area (Å²) < 4.78 is 5.13. The van der Waals surface area contributed by atoms with Crippen molar-refractivity contribution in [3.63, 3.8) is 0 Å². The number of aliphatic hydroxyl groups excluding tert-OH is 1. The summed E-state index contributed by atoms with van der Waals surface area (Å²) in [6.07, 6.45) is -0.219. The SMILES string of the molecule is COc1ccc(C2=NO[C@H]([C@@H](O)CNC(C)C)C2)cc1. The first-order valence-corrected chi connectivity index (χ1v) is 6.88. The van der Waals surface area contributed by atoms with Gasteiger partial charge in [0.05, 0.1) is 12.8 Å². The normalized spacial score (nSPS) is 19.6. The maximum Gasteiger partial charge on any atom is 0.160 e. The summed E-state index contributed by atoms with van der Waals surface area (Å²) in [5.41, 5.74) is 1.86. The van der Waals surface area contributed by atoms with Gasteiger partial charge in [0.25, 0.3) is 0 Å². The van der Waals surface area contributed by atoms with Crippen LogP contribution in [0.4, 0.5) is 0 Å². The summed E-state index contributed by atoms with van der Waals surface area (Å²) in [5, 5.41) is 17.3. The van der Waals surface area contributed by atoms with Crippen LogP contribution in [0.2, 0.25) is 0 Å². The molecule has 0 spiro atoms. The van der Waals surface area contributed by atoms with Gasteiger partial charge in [-0.2, -0.15) is 0 Å². The highest BCUT2D eigenvalue weighted by Crippen LogP contribution is 2.21. The van der Waals surface area contributed by atoms with Crippen LogP contribution < -0.4 is 10.1 Å². The lowest BCUT2D eigenvalue weighted by molar-refractivity contribution is -0.0166. The van der Waals surface area contributed by atoms with E-state index in [0.29, 0.717) is 19.0 Å². The van der Waals surface area contributed by atoms with E-state index in [-0.39, 0.29) is 6.10 Å². The first-order valence-electron chi connectivity index (χ1n) is 6.88. The van der Waals surface area contributed by atoms with Crippen LogP contribution in [0.1, 0.15) is 25.8 Å². The Balaban J connectivity index is 1.90. The topological polar surface area (TPSA) is 63.1 Å². The van der Waals surface area contributed by atoms with Gasteiger partial charge in [-0.05, 0) is 29.8 Å². The largest absolute Gasteiger partial charge is 0.497 e. The molecule has 0 aromatic heterocycles. The molecule has 5 nitrogen and oxygen atoms in total. The summed E-state index contributed by atoms with van der Waals surface area (Å²) in [5.74, 6) is 0.811. The second-order valence-corrected chi connectivity index (χ2v) is 5.24. The van der Waals surface area contributed by atoms with Crippen LogP contribution >= 0.6 is 0 Å². The lowest BCUT2D eigenvalue weighted by Gasteiger charge is -2.18. The number of methoxy groups -OCH3 is 1. The van der Waals surface area contributed by atoms with Gasteiger partial charge in [0.1, 0.15) is 11.9 Å². The Morgan fingerprint density at radius 2 is 2.10 bits per heavy atom. The third-order valence-corrected chi connectivity index (χ3v) is 3.28. The third-order valence-electron chi connectivity index (χ3n) is 3.28. The third kappa shape index (κ3) is 3.71. The maximum atomic E-state index is 10.1. The summed E-state index contributed by atoms with van der Waals surface area (Å²) in [6.45, 7) is 4.59. The van der Waals surface area contributed by atoms with Gasteiger partial charge in [-0.3, -0.25) is 0 Å². The van der Waals surface area contributed by atoms with Crippen molar-refractivity contribution in [1.82, 2.24) is 5.32 Å². The number of hydrogen-bond acceptors (Lipinski definition) is 5. The second-order valence-electron chi connectivity index (χ2n) is 5.24. The molecule has 110 valence electrons. The van der Waals surface area contributed by atoms with Gasteiger partial charge in [0.2, 0.25) is 0 Å². The quantitative estimate of drug-likeness (QED) is 0.828. The average Bonchev–Trinajstić information content (AvgIpc) is 2.94. The van der Waals surface area contributed by atoms with Crippen LogP contribution in [0, 0.1) is 0 Å². The highest BCUT2D eigenvalue weighted by atomic mass is 16.7. The van der Waals surface area contributed by atoms with E-state index in [1.165, 1.54) is 0 Å². The van der Waals surface area contributed by atoms with Crippen molar-refractivity contribution in [1.29, 1.82) is 0 Å². The number of ether oxygens (including phenoxy) is 1. The van der Waals surface area contributed by atoms with Gasteiger partial charge >= 0.3 is 0 Å². The number of hydrogen-bond donors (Lipinski definition) is 2. The van der Waals surface area contributed by atoms with Gasteiger partial charge in [0, 0.05) is 19.0 Å². The summed E-state index contributed by atoms with van der Waals surface area (Å²) in [6, 6.07) is 8.02. The van der Waals surface area contributed by atoms with E-state index in [1.54, 1.807) is 7.11 Å². The Labute approximate surface area is 119 Å². The molecule has 1 aliphatic rings. The minimum atomic E-state index is -0.558. The predicted octanol–water partition coefficient (Wildman–Crippen LogP) is 1.55. The van der Waals surface area contributed by atoms with Gasteiger partial charge in [0.15, 0.2) is 6.10 Å². The van der Waals surface area contributed by atoms with E-state index in [1.807, 2.05) is 38.1 Å². The molecule has 0 saturated carbocycles. The van der Waals surface area contributed by atoms with Crippen LogP contribution in [0.25, 0.3) is 0 Å². The Hall–Kier alpha value is -1.59. The number of rotatable bonds is 6. The highest BCUT2D eigenvalue weighted by Gasteiger charge is 2.28. The van der Waals surface area contributed by atoms with Crippen molar-refractivity contribution in [2.24, 2.45) is 5.16 Å². The minimum Gasteiger partial charge on any atom is -0.497 e. The molecule has 2 rings (SSSR count). The molecule has 1 aromatic rings. The lowest BCUT2D eigenvalue weighted by Crippen LogP contribution is -2.39. The zero-order valence-electron chi connectivity index (χ0n) is 12.2. The Bertz CT molecular complexity index is 457. The molecule has 0 radical (unpaired) electrons. The van der Waals surface area contributed by atoms with E-state index in [9.17, 15) is 5.11 Å². The standard InChI is InChI=1S/C15H22N2O3/c1-10(2)16-9-14(18)15-8-13(17-20-15)11-4-6-12(19-3)7-5-11/h4-7,10,14-16,18H,8-9H2,1-3H3/t14-,15-/m0/s1. The predicted molar refractivity (Wildman–Crippen MR) is 78.2 cm³/mol. The molecular weight excluding hydrogens is 256 g/mol. The van der Waals surface area contributed by atoms with Crippen LogP contribution in [0.5, 0.6) is 5.75 Å². The molecule has 0 unspecified atom stereocenters. The van der Waals surface area contributed by atoms with Gasteiger partial charge in [-0.1, -0.05) is 19.0 Å². The Kier molecular flexibility index (Phi) is 4.98. The van der Waals surface area contributed by atoms with E-state index >= 15 is 0 Å². The molecule has 0 aliphatic carbocycles. The average molecular weight is 278 g/mol. The minimum absolute atomic E-state index is 0.279. The van der Waals surface area contributed by atoms with Crippen molar-refractivity contribution in [3.05, 3.63) is 29.8 Å². The molecule has 5 heteroatoms. The van der Waals surface area contributed by atoms with Crippen LogP contribution in [-0.4, -0.2) is 42.7 Å². The number of benzene rings is 1. The lowest BCUT2D eigenvalue weighted by atomic mass is 10.0. The van der Waals surface area contributed by atoms with Gasteiger partial charge in [-0.25, -0.2) is 0 Å². The number of oxime groups is 1. The monoisotopic (exact) mass is 278 g/mol. The van der Waals surface area contributed by atoms with Crippen LogP contribution in [0.15, 0.2) is 29.4 Å². The van der Waals surface area contributed by atoms with Crippen LogP contribution in [0.3, 0.4) is 0 Å². The fourth-order valence-corrected chi connectivity index (χ4v) is 2.04. The van der Waals surface area contributed by atoms with Crippen molar-refractivity contribution in [2.45, 2.75) is 38.5 Å². The first-order chi connectivity index (χ1) is 9.60. The zero-order chi connectivity index (χ0) is 14.5. The first kappa shape index (κ1) is 14.8. The molecule has 0 amide bonds. The summed E-state index contributed by atoms with van der Waals surface area (Å²) in [7, 11) is 1.64. The maximum absolute atomic E-state index is 10.1. The molecule has 1 heterocycles. The van der Waals surface area contributed by atoms with E-state index < -0.39 is 6.10 Å². The summed E-state index contributed by atoms with van der Waals surface area (Å²) in [4.78, 5) is 5.34. The Morgan fingerprint density at radius 1 is 1.40 bits per heavy atom. The fourth-order valence-electron chi connectivity index (χ4n) is 2.04. The molecule has 2 atom stereocenters. The molecule has 1 aromatic carbocycles. The molecular formula is C15H22N2O3. The zero-order valence-corrected chi connectivity index (χ0v) is 12.2. The number of nitrogens with one attached hydrogen (secondary N) is 1. The van der Waals surface area contributed by atoms with E-state index in [4.69, 9.17) is 9.57 Å². The van der Waals surface area contributed by atoms with Crippen molar-refractivity contribution in [3.8, 4) is 5.75 Å². The smallest absolute Gasteiger partial charge is 0.160 e. The molecule has 20 heavy (non-hydrogen) atoms. The fraction of sp³-hybridized carbons (Fsp3) is 0.533. The van der Waals surface area contributed by atoms with E-state index in [2.05, 4.69) is 10.5 Å². The molecule has 0 bridgehead atoms. The molecule has 0 fully saturated rings. The number of nitrogens with zero attached hydrogens (tertiary/aromatic N) is 1. The Morgan fingerprint density at radius 3 is 2.70 bits per heavy atom. The van der Waals surface area contributed by atoms with Crippen LogP contribution in [-0.2, 0) is 4.84 Å². The second kappa shape index (κ2) is 6.72. The summed E-state index contributed by atoms with van der Waals surface area (Å²) >= 11 is 0. The molecule has 1 aliphatic heterocycles. The number of aliphatic hydroxyl groups is 1. The van der Waals surface area contributed by atoms with Gasteiger partial charge in [-0.15, -0.1) is 0 Å². The molecule has 2 N–H and O–H groups in total. The van der Waals surface area contributed by atoms with E-state index in [0.717, 1.165) is 17.0 Å². The molecule has 0 saturated heterocycles. The van der Waals surface area contributed by atoms with Crippen molar-refractivity contribution < 1.29 is 14.7 Å². The van der Waals surface area contributed by atoms with Gasteiger partial charge < -0.3 is 20.0 Å². The highest BCUT2D eigenvalue weighted by molar-refractivity contribution is 6.01. The van der Waals surface area contributed by atoms with Crippen molar-refractivity contribution in [2.75, 3.05) is 13.7 Å². The van der Waals surface area contributed by atoms with Crippen molar-refractivity contribution >= 4 is 5.71 Å².